The molecule has 0 bridgehead atoms. The molecule has 30 heavy (non-hydrogen) atoms. The van der Waals surface area contributed by atoms with Crippen LogP contribution in [-0.2, 0) is 12.8 Å². The van der Waals surface area contributed by atoms with Crippen LogP contribution in [0.4, 0.5) is 5.69 Å². The van der Waals surface area contributed by atoms with Crippen molar-refractivity contribution in [2.24, 2.45) is 5.10 Å². The monoisotopic (exact) mass is 397 g/mol. The fraction of sp³-hybridized carbons (Fsp3) is 0.231. The molecule has 3 aromatic rings. The van der Waals surface area contributed by atoms with E-state index < -0.39 is 0 Å². The van der Waals surface area contributed by atoms with E-state index in [0.717, 1.165) is 37.1 Å². The summed E-state index contributed by atoms with van der Waals surface area (Å²) in [6, 6.07) is 26.4. The van der Waals surface area contributed by atoms with Crippen LogP contribution in [0.1, 0.15) is 39.9 Å². The van der Waals surface area contributed by atoms with Gasteiger partial charge in [0.15, 0.2) is 0 Å². The van der Waals surface area contributed by atoms with Crippen LogP contribution < -0.4 is 10.3 Å². The molecule has 3 aromatic carbocycles. The van der Waals surface area contributed by atoms with Crippen molar-refractivity contribution in [3.63, 3.8) is 0 Å². The zero-order chi connectivity index (χ0) is 20.6. The molecule has 4 nitrogen and oxygen atoms in total. The lowest BCUT2D eigenvalue weighted by Crippen LogP contribution is -2.19. The fourth-order valence-electron chi connectivity index (χ4n) is 3.86. The van der Waals surface area contributed by atoms with E-state index >= 15 is 0 Å². The first-order valence-corrected chi connectivity index (χ1v) is 10.6. The molecule has 0 unspecified atom stereocenters. The molecule has 0 aliphatic carbocycles. The Morgan fingerprint density at radius 1 is 0.867 bits per heavy atom. The number of hydrazone groups is 1. The summed E-state index contributed by atoms with van der Waals surface area (Å²) in [4.78, 5) is 15.1. The van der Waals surface area contributed by atoms with Gasteiger partial charge in [0.25, 0.3) is 5.91 Å². The molecule has 1 N–H and O–H groups in total. The normalized spacial score (nSPS) is 13.7. The minimum absolute atomic E-state index is 0.177. The van der Waals surface area contributed by atoms with Crippen molar-refractivity contribution < 1.29 is 4.79 Å². The number of nitrogens with one attached hydrogen (secondary N) is 1. The Morgan fingerprint density at radius 2 is 1.57 bits per heavy atom. The number of anilines is 1. The SMILES string of the molecule is O=C(N/N=C/c1ccc(N2CCCC2)cc1)c1ccccc1CCc1ccccc1. The van der Waals surface area contributed by atoms with Crippen LogP contribution >= 0.6 is 0 Å². The second-order valence-corrected chi connectivity index (χ2v) is 7.63. The number of benzene rings is 3. The summed E-state index contributed by atoms with van der Waals surface area (Å²) in [5.74, 6) is -0.177. The number of aryl methyl sites for hydroxylation is 2. The fourth-order valence-corrected chi connectivity index (χ4v) is 3.86. The van der Waals surface area contributed by atoms with Crippen LogP contribution in [-0.4, -0.2) is 25.2 Å². The Labute approximate surface area is 178 Å². The van der Waals surface area contributed by atoms with Gasteiger partial charge in [-0.1, -0.05) is 60.7 Å². The molecule has 1 heterocycles. The van der Waals surface area contributed by atoms with E-state index in [0.29, 0.717) is 5.56 Å². The van der Waals surface area contributed by atoms with Crippen molar-refractivity contribution in [3.05, 3.63) is 101 Å². The van der Waals surface area contributed by atoms with E-state index in [2.05, 4.69) is 39.7 Å². The molecule has 1 amide bonds. The van der Waals surface area contributed by atoms with E-state index in [4.69, 9.17) is 0 Å². The Bertz CT molecular complexity index is 990. The van der Waals surface area contributed by atoms with Crippen molar-refractivity contribution in [1.29, 1.82) is 0 Å². The summed E-state index contributed by atoms with van der Waals surface area (Å²) in [5.41, 5.74) is 7.87. The predicted octanol–water partition coefficient (Wildman–Crippen LogP) is 4.84. The zero-order valence-electron chi connectivity index (χ0n) is 17.1. The molecule has 1 saturated heterocycles. The smallest absolute Gasteiger partial charge is 0.271 e. The van der Waals surface area contributed by atoms with Gasteiger partial charge in [-0.3, -0.25) is 4.79 Å². The van der Waals surface area contributed by atoms with Crippen LogP contribution in [0.5, 0.6) is 0 Å². The average Bonchev–Trinajstić information content (AvgIpc) is 3.34. The van der Waals surface area contributed by atoms with Gasteiger partial charge in [-0.05, 0) is 60.6 Å². The number of hydrogen-bond donors (Lipinski definition) is 1. The summed E-state index contributed by atoms with van der Waals surface area (Å²) in [6.45, 7) is 2.26. The lowest BCUT2D eigenvalue weighted by Gasteiger charge is -2.17. The first-order chi connectivity index (χ1) is 14.8. The molecule has 1 aliphatic rings. The Balaban J connectivity index is 1.35. The van der Waals surface area contributed by atoms with E-state index in [-0.39, 0.29) is 5.91 Å². The van der Waals surface area contributed by atoms with Crippen LogP contribution in [0.2, 0.25) is 0 Å². The third-order valence-electron chi connectivity index (χ3n) is 5.53. The summed E-state index contributed by atoms with van der Waals surface area (Å²) >= 11 is 0. The number of hydrogen-bond acceptors (Lipinski definition) is 3. The number of carbonyl (C=O) groups is 1. The molecule has 0 saturated carbocycles. The van der Waals surface area contributed by atoms with Gasteiger partial charge in [-0.2, -0.15) is 5.10 Å². The summed E-state index contributed by atoms with van der Waals surface area (Å²) < 4.78 is 0. The summed E-state index contributed by atoms with van der Waals surface area (Å²) in [5, 5.41) is 4.17. The standard InChI is InChI=1S/C26H27N3O/c30-26(25-11-5-4-10-23(25)15-12-21-8-2-1-3-9-21)28-27-20-22-13-16-24(17-14-22)29-18-6-7-19-29/h1-5,8-11,13-14,16-17,20H,6-7,12,15,18-19H2,(H,28,30)/b27-20+. The maximum Gasteiger partial charge on any atom is 0.271 e. The third kappa shape index (κ3) is 5.15. The molecule has 4 rings (SSSR count). The summed E-state index contributed by atoms with van der Waals surface area (Å²) in [7, 11) is 0. The van der Waals surface area contributed by atoms with Crippen molar-refractivity contribution in [2.45, 2.75) is 25.7 Å². The van der Waals surface area contributed by atoms with E-state index in [9.17, 15) is 4.79 Å². The lowest BCUT2D eigenvalue weighted by atomic mass is 9.99. The Kier molecular flexibility index (Phi) is 6.55. The predicted molar refractivity (Wildman–Crippen MR) is 123 cm³/mol. The van der Waals surface area contributed by atoms with Gasteiger partial charge in [0, 0.05) is 24.3 Å². The number of carbonyl (C=O) groups excluding carboxylic acids is 1. The number of amides is 1. The lowest BCUT2D eigenvalue weighted by molar-refractivity contribution is 0.0954. The second kappa shape index (κ2) is 9.88. The van der Waals surface area contributed by atoms with Gasteiger partial charge in [-0.15, -0.1) is 0 Å². The van der Waals surface area contributed by atoms with Crippen LogP contribution in [0, 0.1) is 0 Å². The Morgan fingerprint density at radius 3 is 2.33 bits per heavy atom. The topological polar surface area (TPSA) is 44.7 Å². The largest absolute Gasteiger partial charge is 0.372 e. The molecule has 152 valence electrons. The molecule has 1 aliphatic heterocycles. The molecule has 0 atom stereocenters. The molecule has 0 spiro atoms. The maximum absolute atomic E-state index is 12.7. The van der Waals surface area contributed by atoms with Crippen molar-refractivity contribution in [1.82, 2.24) is 5.43 Å². The van der Waals surface area contributed by atoms with Crippen LogP contribution in [0.15, 0.2) is 84.0 Å². The number of rotatable bonds is 7. The van der Waals surface area contributed by atoms with Gasteiger partial charge >= 0.3 is 0 Å². The summed E-state index contributed by atoms with van der Waals surface area (Å²) in [6.07, 6.45) is 5.94. The molecule has 1 fully saturated rings. The van der Waals surface area contributed by atoms with Crippen molar-refractivity contribution in [3.8, 4) is 0 Å². The molecule has 0 aromatic heterocycles. The second-order valence-electron chi connectivity index (χ2n) is 7.63. The first kappa shape index (κ1) is 19.9. The van der Waals surface area contributed by atoms with Gasteiger partial charge in [0.05, 0.1) is 6.21 Å². The first-order valence-electron chi connectivity index (χ1n) is 10.6. The maximum atomic E-state index is 12.7. The molecular formula is C26H27N3O. The van der Waals surface area contributed by atoms with Gasteiger partial charge < -0.3 is 4.90 Å². The van der Waals surface area contributed by atoms with E-state index in [1.54, 1.807) is 6.21 Å². The minimum Gasteiger partial charge on any atom is -0.372 e. The molecule has 4 heteroatoms. The van der Waals surface area contributed by atoms with E-state index in [1.807, 2.05) is 54.6 Å². The highest BCUT2D eigenvalue weighted by molar-refractivity contribution is 5.96. The highest BCUT2D eigenvalue weighted by Gasteiger charge is 2.12. The van der Waals surface area contributed by atoms with Gasteiger partial charge in [0.1, 0.15) is 0 Å². The van der Waals surface area contributed by atoms with Crippen molar-refractivity contribution in [2.75, 3.05) is 18.0 Å². The zero-order valence-corrected chi connectivity index (χ0v) is 17.1. The minimum atomic E-state index is -0.177. The number of nitrogens with zero attached hydrogens (tertiary/aromatic N) is 2. The van der Waals surface area contributed by atoms with Gasteiger partial charge in [0.2, 0.25) is 0 Å². The van der Waals surface area contributed by atoms with Gasteiger partial charge in [-0.25, -0.2) is 5.43 Å². The van der Waals surface area contributed by atoms with Crippen LogP contribution in [0.3, 0.4) is 0 Å². The molecule has 0 radical (unpaired) electrons. The highest BCUT2D eigenvalue weighted by atomic mass is 16.2. The average molecular weight is 398 g/mol. The van der Waals surface area contributed by atoms with Crippen LogP contribution in [0.25, 0.3) is 0 Å². The highest BCUT2D eigenvalue weighted by Crippen LogP contribution is 2.20. The van der Waals surface area contributed by atoms with E-state index in [1.165, 1.54) is 24.1 Å². The molecular weight excluding hydrogens is 370 g/mol. The Hall–Kier alpha value is -3.40. The quantitative estimate of drug-likeness (QED) is 0.458. The van der Waals surface area contributed by atoms with Crippen molar-refractivity contribution >= 4 is 17.8 Å². The third-order valence-corrected chi connectivity index (χ3v) is 5.53.